The third-order valence-electron chi connectivity index (χ3n) is 3.23. The molecule has 2 rings (SSSR count). The lowest BCUT2D eigenvalue weighted by Gasteiger charge is -2.20. The Balaban J connectivity index is 1.97. The van der Waals surface area contributed by atoms with Gasteiger partial charge < -0.3 is 10.4 Å². The number of hydrogen-bond donors (Lipinski definition) is 2. The fourth-order valence-electron chi connectivity index (χ4n) is 2.05. The Morgan fingerprint density at radius 1 is 1.52 bits per heavy atom. The van der Waals surface area contributed by atoms with Crippen LogP contribution < -0.4 is 5.32 Å². The van der Waals surface area contributed by atoms with Gasteiger partial charge in [-0.1, -0.05) is 0 Å². The number of aliphatic hydroxyl groups is 1. The highest BCUT2D eigenvalue weighted by atomic mass is 79.9. The number of non-ortho nitro benzene ring substituents is 1. The molecule has 1 aromatic rings. The largest absolute Gasteiger partial charge is 0.395 e. The number of nitrogens with one attached hydrogen (secondary N) is 1. The van der Waals surface area contributed by atoms with Crippen molar-refractivity contribution in [2.45, 2.75) is 18.9 Å². The Morgan fingerprint density at radius 2 is 2.24 bits per heavy atom. The van der Waals surface area contributed by atoms with Crippen molar-refractivity contribution >= 4 is 33.2 Å². The van der Waals surface area contributed by atoms with Crippen LogP contribution in [0.5, 0.6) is 0 Å². The standard InChI is InChI=1S/C13H16BrN3O4/c14-11-7-10(17(20)21)3-4-12(11)15-13(19)8-16(5-6-18)9-1-2-9/h3-4,7,9,18H,1-2,5-6,8H2,(H,15,19). The number of nitro benzene ring substituents is 1. The van der Waals surface area contributed by atoms with Gasteiger partial charge in [-0.05, 0) is 34.8 Å². The van der Waals surface area contributed by atoms with Crippen molar-refractivity contribution in [3.8, 4) is 0 Å². The molecule has 0 saturated heterocycles. The van der Waals surface area contributed by atoms with E-state index >= 15 is 0 Å². The van der Waals surface area contributed by atoms with Crippen LogP contribution in [0.3, 0.4) is 0 Å². The molecule has 114 valence electrons. The predicted octanol–water partition coefficient (Wildman–Crippen LogP) is 1.75. The number of anilines is 1. The van der Waals surface area contributed by atoms with Gasteiger partial charge in [-0.3, -0.25) is 19.8 Å². The summed E-state index contributed by atoms with van der Waals surface area (Å²) >= 11 is 3.21. The van der Waals surface area contributed by atoms with Crippen molar-refractivity contribution in [2.75, 3.05) is 25.0 Å². The summed E-state index contributed by atoms with van der Waals surface area (Å²) in [6.07, 6.45) is 2.10. The van der Waals surface area contributed by atoms with E-state index in [9.17, 15) is 14.9 Å². The molecule has 0 unspecified atom stereocenters. The summed E-state index contributed by atoms with van der Waals surface area (Å²) in [5.74, 6) is -0.204. The Hall–Kier alpha value is -1.51. The van der Waals surface area contributed by atoms with Crippen LogP contribution in [0.1, 0.15) is 12.8 Å². The molecule has 0 radical (unpaired) electrons. The first-order valence-corrected chi connectivity index (χ1v) is 7.39. The van der Waals surface area contributed by atoms with Crippen LogP contribution in [-0.4, -0.2) is 46.6 Å². The second kappa shape index (κ2) is 6.97. The lowest BCUT2D eigenvalue weighted by Crippen LogP contribution is -2.36. The van der Waals surface area contributed by atoms with Crippen molar-refractivity contribution in [3.05, 3.63) is 32.8 Å². The molecule has 0 heterocycles. The molecule has 1 aliphatic carbocycles. The Bertz CT molecular complexity index is 548. The first-order chi connectivity index (χ1) is 10.0. The van der Waals surface area contributed by atoms with E-state index in [1.54, 1.807) is 0 Å². The van der Waals surface area contributed by atoms with Crippen LogP contribution in [0.2, 0.25) is 0 Å². The molecule has 1 fully saturated rings. The van der Waals surface area contributed by atoms with Crippen LogP contribution in [0.15, 0.2) is 22.7 Å². The van der Waals surface area contributed by atoms with Crippen LogP contribution in [0.4, 0.5) is 11.4 Å². The van der Waals surface area contributed by atoms with E-state index in [1.807, 2.05) is 4.90 Å². The van der Waals surface area contributed by atoms with Gasteiger partial charge in [0.2, 0.25) is 5.91 Å². The molecule has 0 spiro atoms. The average Bonchev–Trinajstić information content (AvgIpc) is 3.24. The van der Waals surface area contributed by atoms with E-state index < -0.39 is 4.92 Å². The number of nitrogens with zero attached hydrogens (tertiary/aromatic N) is 2. The van der Waals surface area contributed by atoms with Gasteiger partial charge in [-0.15, -0.1) is 0 Å². The zero-order chi connectivity index (χ0) is 15.4. The molecule has 21 heavy (non-hydrogen) atoms. The molecule has 7 nitrogen and oxygen atoms in total. The molecule has 1 saturated carbocycles. The van der Waals surface area contributed by atoms with Crippen molar-refractivity contribution in [1.82, 2.24) is 4.90 Å². The molecule has 2 N–H and O–H groups in total. The summed E-state index contributed by atoms with van der Waals surface area (Å²) in [5.41, 5.74) is 0.449. The van der Waals surface area contributed by atoms with Gasteiger partial charge >= 0.3 is 0 Å². The Labute approximate surface area is 130 Å². The molecule has 0 bridgehead atoms. The average molecular weight is 358 g/mol. The number of aliphatic hydroxyl groups excluding tert-OH is 1. The summed E-state index contributed by atoms with van der Waals surface area (Å²) in [6, 6.07) is 4.56. The van der Waals surface area contributed by atoms with Gasteiger partial charge in [0.1, 0.15) is 0 Å². The van der Waals surface area contributed by atoms with Gasteiger partial charge in [0.05, 0.1) is 23.8 Å². The number of carbonyl (C=O) groups is 1. The predicted molar refractivity (Wildman–Crippen MR) is 81.1 cm³/mol. The van der Waals surface area contributed by atoms with Crippen LogP contribution in [-0.2, 0) is 4.79 Å². The summed E-state index contributed by atoms with van der Waals surface area (Å²) in [5, 5.41) is 22.4. The topological polar surface area (TPSA) is 95.7 Å². The summed E-state index contributed by atoms with van der Waals surface area (Å²) in [7, 11) is 0. The summed E-state index contributed by atoms with van der Waals surface area (Å²) in [4.78, 5) is 24.1. The number of amides is 1. The van der Waals surface area contributed by atoms with Crippen LogP contribution in [0, 0.1) is 10.1 Å². The number of hydrogen-bond acceptors (Lipinski definition) is 5. The third kappa shape index (κ3) is 4.48. The summed E-state index contributed by atoms with van der Waals surface area (Å²) < 4.78 is 0.463. The first kappa shape index (κ1) is 15.9. The minimum atomic E-state index is -0.494. The minimum Gasteiger partial charge on any atom is -0.395 e. The van der Waals surface area contributed by atoms with E-state index in [0.717, 1.165) is 12.8 Å². The number of halogens is 1. The van der Waals surface area contributed by atoms with E-state index in [2.05, 4.69) is 21.2 Å². The van der Waals surface area contributed by atoms with Gasteiger partial charge in [0.15, 0.2) is 0 Å². The molecule has 1 amide bonds. The fourth-order valence-corrected chi connectivity index (χ4v) is 2.52. The molecule has 1 aromatic carbocycles. The molecular formula is C13H16BrN3O4. The Kier molecular flexibility index (Phi) is 5.27. The van der Waals surface area contributed by atoms with Crippen molar-refractivity contribution in [1.29, 1.82) is 0 Å². The fraction of sp³-hybridized carbons (Fsp3) is 0.462. The highest BCUT2D eigenvalue weighted by molar-refractivity contribution is 9.10. The van der Waals surface area contributed by atoms with Crippen molar-refractivity contribution in [3.63, 3.8) is 0 Å². The van der Waals surface area contributed by atoms with Gasteiger partial charge in [-0.25, -0.2) is 0 Å². The lowest BCUT2D eigenvalue weighted by atomic mass is 10.3. The molecular weight excluding hydrogens is 342 g/mol. The van der Waals surface area contributed by atoms with Crippen LogP contribution in [0.25, 0.3) is 0 Å². The maximum Gasteiger partial charge on any atom is 0.270 e. The number of nitro groups is 1. The highest BCUT2D eigenvalue weighted by Gasteiger charge is 2.29. The number of benzene rings is 1. The molecule has 1 aliphatic rings. The SMILES string of the molecule is O=C(CN(CCO)C1CC1)Nc1ccc([N+](=O)[O-])cc1Br. The monoisotopic (exact) mass is 357 g/mol. The van der Waals surface area contributed by atoms with Crippen LogP contribution >= 0.6 is 15.9 Å². The molecule has 0 atom stereocenters. The van der Waals surface area contributed by atoms with Crippen molar-refractivity contribution in [2.24, 2.45) is 0 Å². The third-order valence-corrected chi connectivity index (χ3v) is 3.89. The second-order valence-electron chi connectivity index (χ2n) is 4.89. The smallest absolute Gasteiger partial charge is 0.270 e. The number of carbonyl (C=O) groups excluding carboxylic acids is 1. The second-order valence-corrected chi connectivity index (χ2v) is 5.75. The lowest BCUT2D eigenvalue weighted by molar-refractivity contribution is -0.384. The molecule has 0 aliphatic heterocycles. The maximum absolute atomic E-state index is 12.0. The van der Waals surface area contributed by atoms with E-state index in [1.165, 1.54) is 18.2 Å². The molecule has 8 heteroatoms. The van der Waals surface area contributed by atoms with Gasteiger partial charge in [0.25, 0.3) is 5.69 Å². The highest BCUT2D eigenvalue weighted by Crippen LogP contribution is 2.28. The first-order valence-electron chi connectivity index (χ1n) is 6.60. The minimum absolute atomic E-state index is 0.0189. The normalized spacial score (nSPS) is 14.2. The van der Waals surface area contributed by atoms with E-state index in [-0.39, 0.29) is 24.7 Å². The van der Waals surface area contributed by atoms with Crippen molar-refractivity contribution < 1.29 is 14.8 Å². The Morgan fingerprint density at radius 3 is 2.76 bits per heavy atom. The maximum atomic E-state index is 12.0. The summed E-state index contributed by atoms with van der Waals surface area (Å²) in [6.45, 7) is 0.694. The zero-order valence-electron chi connectivity index (χ0n) is 11.3. The van der Waals surface area contributed by atoms with Gasteiger partial charge in [0, 0.05) is 29.2 Å². The quantitative estimate of drug-likeness (QED) is 0.572. The van der Waals surface area contributed by atoms with Gasteiger partial charge in [-0.2, -0.15) is 0 Å². The zero-order valence-corrected chi connectivity index (χ0v) is 12.9. The van der Waals surface area contributed by atoms with E-state index in [0.29, 0.717) is 22.7 Å². The molecule has 0 aromatic heterocycles. The van der Waals surface area contributed by atoms with E-state index in [4.69, 9.17) is 5.11 Å². The number of rotatable bonds is 7.